The number of aliphatic hydroxyl groups excluding tert-OH is 3. The highest BCUT2D eigenvalue weighted by molar-refractivity contribution is 6.30. The maximum absolute atomic E-state index is 13.7. The van der Waals surface area contributed by atoms with Crippen molar-refractivity contribution in [1.29, 1.82) is 0 Å². The van der Waals surface area contributed by atoms with Crippen LogP contribution in [0, 0.1) is 17.5 Å². The smallest absolute Gasteiger partial charge is 0.194 e. The van der Waals surface area contributed by atoms with E-state index in [2.05, 4.69) is 20.6 Å². The number of hydrogen-bond acceptors (Lipinski definition) is 8. The molecule has 1 saturated heterocycles. The Morgan fingerprint density at radius 3 is 2.44 bits per heavy atom. The fourth-order valence-corrected chi connectivity index (χ4v) is 4.33. The predicted octanol–water partition coefficient (Wildman–Crippen LogP) is 2.13. The van der Waals surface area contributed by atoms with E-state index in [9.17, 15) is 28.5 Å². The standard InChI is InChI=1S/C22H18ClF3N6O4/c23-12-3-1-2-10(4-12)16-7-27-29-32(16)22-21(35)19(20(34)17(9-33)36-22)31-8-15(28-30-31)11-5-13(24)18(26)14(25)6-11/h1-8,17,19-22,33-35H,9H2/t17-,19+,20+,21-,22-/m1/s1. The maximum Gasteiger partial charge on any atom is 0.194 e. The summed E-state index contributed by atoms with van der Waals surface area (Å²) in [4.78, 5) is 0. The minimum absolute atomic E-state index is 0.0452. The van der Waals surface area contributed by atoms with Crippen molar-refractivity contribution in [1.82, 2.24) is 30.0 Å². The molecule has 5 rings (SSSR count). The molecule has 10 nitrogen and oxygen atoms in total. The van der Waals surface area contributed by atoms with Crippen LogP contribution in [-0.4, -0.2) is 70.2 Å². The Labute approximate surface area is 206 Å². The van der Waals surface area contributed by atoms with Crippen molar-refractivity contribution in [2.75, 3.05) is 6.61 Å². The second-order valence-electron chi connectivity index (χ2n) is 8.13. The van der Waals surface area contributed by atoms with Gasteiger partial charge in [-0.15, -0.1) is 10.2 Å². The summed E-state index contributed by atoms with van der Waals surface area (Å²) in [5, 5.41) is 48.0. The number of halogens is 4. The van der Waals surface area contributed by atoms with E-state index in [0.29, 0.717) is 16.3 Å². The SMILES string of the molecule is OC[C@H]1O[C@@H](n2nncc2-c2cccc(Cl)c2)[C@H](O)[C@@H](n2cc(-c3cc(F)c(F)c(F)c3)nn2)[C@H]1O. The van der Waals surface area contributed by atoms with Gasteiger partial charge in [-0.05, 0) is 24.3 Å². The number of ether oxygens (including phenoxy) is 1. The Balaban J connectivity index is 1.52. The molecule has 14 heteroatoms. The second kappa shape index (κ2) is 9.59. The molecule has 1 aliphatic rings. The van der Waals surface area contributed by atoms with Crippen LogP contribution in [0.2, 0.25) is 5.02 Å². The lowest BCUT2D eigenvalue weighted by molar-refractivity contribution is -0.233. The first kappa shape index (κ1) is 24.3. The van der Waals surface area contributed by atoms with Gasteiger partial charge in [0.2, 0.25) is 0 Å². The zero-order chi connectivity index (χ0) is 25.6. The lowest BCUT2D eigenvalue weighted by Gasteiger charge is -2.42. The summed E-state index contributed by atoms with van der Waals surface area (Å²) in [6.45, 7) is -0.613. The fourth-order valence-electron chi connectivity index (χ4n) is 4.14. The minimum atomic E-state index is -1.63. The van der Waals surface area contributed by atoms with Crippen LogP contribution in [-0.2, 0) is 4.74 Å². The van der Waals surface area contributed by atoms with Gasteiger partial charge in [-0.1, -0.05) is 34.2 Å². The third-order valence-corrected chi connectivity index (χ3v) is 6.13. The Kier molecular flexibility index (Phi) is 6.49. The average Bonchev–Trinajstić information content (AvgIpc) is 3.53. The van der Waals surface area contributed by atoms with E-state index in [4.69, 9.17) is 16.3 Å². The van der Waals surface area contributed by atoms with Gasteiger partial charge >= 0.3 is 0 Å². The summed E-state index contributed by atoms with van der Waals surface area (Å²) in [6, 6.07) is 7.07. The van der Waals surface area contributed by atoms with E-state index >= 15 is 0 Å². The van der Waals surface area contributed by atoms with Gasteiger partial charge in [0, 0.05) is 16.1 Å². The maximum atomic E-state index is 13.7. The van der Waals surface area contributed by atoms with E-state index in [0.717, 1.165) is 16.8 Å². The van der Waals surface area contributed by atoms with Crippen molar-refractivity contribution in [3.63, 3.8) is 0 Å². The summed E-state index contributed by atoms with van der Waals surface area (Å²) < 4.78 is 48.9. The molecule has 0 bridgehead atoms. The molecule has 0 spiro atoms. The van der Waals surface area contributed by atoms with Crippen molar-refractivity contribution >= 4 is 11.6 Å². The van der Waals surface area contributed by atoms with Crippen molar-refractivity contribution in [2.24, 2.45) is 0 Å². The molecular weight excluding hydrogens is 505 g/mol. The molecule has 188 valence electrons. The molecule has 0 saturated carbocycles. The molecule has 0 aliphatic carbocycles. The van der Waals surface area contributed by atoms with Gasteiger partial charge in [0.15, 0.2) is 23.7 Å². The molecule has 0 radical (unpaired) electrons. The normalized spacial score (nSPS) is 24.2. The van der Waals surface area contributed by atoms with Gasteiger partial charge < -0.3 is 20.1 Å². The molecule has 2 aromatic carbocycles. The Bertz CT molecular complexity index is 1380. The topological polar surface area (TPSA) is 131 Å². The number of nitrogens with zero attached hydrogens (tertiary/aromatic N) is 6. The largest absolute Gasteiger partial charge is 0.394 e. The second-order valence-corrected chi connectivity index (χ2v) is 8.57. The molecule has 4 aromatic rings. The predicted molar refractivity (Wildman–Crippen MR) is 118 cm³/mol. The van der Waals surface area contributed by atoms with Gasteiger partial charge in [-0.25, -0.2) is 22.5 Å². The van der Waals surface area contributed by atoms with Crippen LogP contribution >= 0.6 is 11.6 Å². The third kappa shape index (κ3) is 4.24. The number of hydrogen-bond donors (Lipinski definition) is 3. The molecule has 3 heterocycles. The van der Waals surface area contributed by atoms with Crippen molar-refractivity contribution in [2.45, 2.75) is 30.6 Å². The molecule has 0 unspecified atom stereocenters. The zero-order valence-corrected chi connectivity index (χ0v) is 18.9. The molecule has 0 amide bonds. The van der Waals surface area contributed by atoms with E-state index in [1.807, 2.05) is 0 Å². The fraction of sp³-hybridized carbons (Fsp3) is 0.273. The lowest BCUT2D eigenvalue weighted by Crippen LogP contribution is -2.54. The quantitative estimate of drug-likeness (QED) is 0.340. The van der Waals surface area contributed by atoms with E-state index < -0.39 is 54.6 Å². The van der Waals surface area contributed by atoms with Crippen LogP contribution in [0.3, 0.4) is 0 Å². The van der Waals surface area contributed by atoms with Crippen LogP contribution in [0.5, 0.6) is 0 Å². The summed E-state index contributed by atoms with van der Waals surface area (Å²) in [6.07, 6.45) is -2.72. The van der Waals surface area contributed by atoms with E-state index in [1.54, 1.807) is 24.3 Å². The number of benzene rings is 2. The van der Waals surface area contributed by atoms with Gasteiger partial charge in [0.25, 0.3) is 0 Å². The molecule has 1 aliphatic heterocycles. The van der Waals surface area contributed by atoms with Crippen molar-refractivity contribution in [3.8, 4) is 22.5 Å². The highest BCUT2D eigenvalue weighted by Crippen LogP contribution is 2.37. The first-order valence-corrected chi connectivity index (χ1v) is 11.0. The van der Waals surface area contributed by atoms with Gasteiger partial charge in [0.1, 0.15) is 30.0 Å². The van der Waals surface area contributed by atoms with Crippen molar-refractivity contribution < 1.29 is 33.2 Å². The highest BCUT2D eigenvalue weighted by atomic mass is 35.5. The van der Waals surface area contributed by atoms with Gasteiger partial charge in [-0.2, -0.15) is 0 Å². The van der Waals surface area contributed by atoms with Crippen LogP contribution in [0.15, 0.2) is 48.8 Å². The monoisotopic (exact) mass is 522 g/mol. The third-order valence-electron chi connectivity index (χ3n) is 5.90. The summed E-state index contributed by atoms with van der Waals surface area (Å²) in [5.74, 6) is -4.45. The van der Waals surface area contributed by atoms with Crippen LogP contribution in [0.25, 0.3) is 22.5 Å². The first-order chi connectivity index (χ1) is 17.3. The summed E-state index contributed by atoms with van der Waals surface area (Å²) >= 11 is 6.09. The average molecular weight is 523 g/mol. The van der Waals surface area contributed by atoms with Crippen LogP contribution < -0.4 is 0 Å². The summed E-state index contributed by atoms with van der Waals surface area (Å²) in [5.41, 5.74) is 0.902. The minimum Gasteiger partial charge on any atom is -0.394 e. The highest BCUT2D eigenvalue weighted by Gasteiger charge is 2.47. The number of aromatic nitrogens is 6. The van der Waals surface area contributed by atoms with Gasteiger partial charge in [0.05, 0.1) is 24.7 Å². The molecule has 3 N–H and O–H groups in total. The lowest BCUT2D eigenvalue weighted by atomic mass is 9.95. The first-order valence-electron chi connectivity index (χ1n) is 10.6. The van der Waals surface area contributed by atoms with Crippen LogP contribution in [0.4, 0.5) is 13.2 Å². The van der Waals surface area contributed by atoms with Gasteiger partial charge in [-0.3, -0.25) is 0 Å². The van der Waals surface area contributed by atoms with E-state index in [1.165, 1.54) is 17.1 Å². The zero-order valence-electron chi connectivity index (χ0n) is 18.2. The summed E-state index contributed by atoms with van der Waals surface area (Å²) in [7, 11) is 0. The Hall–Kier alpha value is -3.36. The van der Waals surface area contributed by atoms with Crippen LogP contribution in [0.1, 0.15) is 12.3 Å². The van der Waals surface area contributed by atoms with Crippen molar-refractivity contribution in [3.05, 3.63) is 71.3 Å². The molecule has 36 heavy (non-hydrogen) atoms. The Morgan fingerprint density at radius 1 is 1.00 bits per heavy atom. The van der Waals surface area contributed by atoms with E-state index in [-0.39, 0.29) is 11.3 Å². The molecular formula is C22H18ClF3N6O4. The molecule has 2 aromatic heterocycles. The molecule has 5 atom stereocenters. The number of aliphatic hydroxyl groups is 3. The Morgan fingerprint density at radius 2 is 1.75 bits per heavy atom. The molecule has 1 fully saturated rings. The number of rotatable bonds is 5.